The molecular formula is P2S3. The van der Waals surface area contributed by atoms with Crippen molar-refractivity contribution in [2.45, 2.75) is 0 Å². The second-order valence-electron chi connectivity index (χ2n) is 0.238. The minimum atomic E-state index is 0.944. The van der Waals surface area contributed by atoms with Crippen molar-refractivity contribution in [1.82, 2.24) is 0 Å². The van der Waals surface area contributed by atoms with Crippen LogP contribution in [0.25, 0.3) is 0 Å². The van der Waals surface area contributed by atoms with Crippen LogP contribution in [-0.2, 0) is 32.5 Å². The third-order valence-electron chi connectivity index (χ3n) is 0.0667. The molecule has 0 saturated carbocycles. The highest BCUT2D eigenvalue weighted by molar-refractivity contribution is 8.51. The van der Waals surface area contributed by atoms with Gasteiger partial charge in [0, 0.05) is 14.1 Å². The van der Waals surface area contributed by atoms with Crippen LogP contribution in [-0.4, -0.2) is 0 Å². The number of rotatable bonds is 1. The van der Waals surface area contributed by atoms with Crippen molar-refractivity contribution in [1.29, 1.82) is 0 Å². The minimum absolute atomic E-state index is 0.944. The van der Waals surface area contributed by atoms with E-state index in [0.717, 1.165) is 14.1 Å². The summed E-state index contributed by atoms with van der Waals surface area (Å²) in [5.41, 5.74) is 0. The fraction of sp³-hybridized carbons (Fsp3) is 0. The van der Waals surface area contributed by atoms with Gasteiger partial charge >= 0.3 is 0 Å². The molecule has 0 aromatic rings. The van der Waals surface area contributed by atoms with E-state index in [2.05, 4.69) is 23.0 Å². The van der Waals surface area contributed by atoms with Crippen molar-refractivity contribution in [3.63, 3.8) is 0 Å². The first-order valence-corrected chi connectivity index (χ1v) is 6.59. The molecule has 0 N–H and O–H groups in total. The first-order chi connectivity index (χ1) is 2.41. The molecule has 0 rings (SSSR count). The Morgan fingerprint density at radius 3 is 2.20 bits per heavy atom. The van der Waals surface area contributed by atoms with Gasteiger partial charge in [0.2, 0.25) is 0 Å². The van der Waals surface area contributed by atoms with Crippen LogP contribution in [0.1, 0.15) is 0 Å². The summed E-state index contributed by atoms with van der Waals surface area (Å²) in [4.78, 5) is 0. The van der Waals surface area contributed by atoms with Crippen molar-refractivity contribution in [2.24, 2.45) is 0 Å². The maximum atomic E-state index is 4.52. The first-order valence-electron chi connectivity index (χ1n) is 0.732. The van der Waals surface area contributed by atoms with Gasteiger partial charge in [-0.2, -0.15) is 0 Å². The highest BCUT2D eigenvalue weighted by Crippen LogP contribution is 2.11. The van der Waals surface area contributed by atoms with Crippen LogP contribution in [0.3, 0.4) is 0 Å². The van der Waals surface area contributed by atoms with Crippen LogP contribution in [0.2, 0.25) is 0 Å². The summed E-state index contributed by atoms with van der Waals surface area (Å²) < 4.78 is 0. The van der Waals surface area contributed by atoms with E-state index in [9.17, 15) is 0 Å². The number of hydrogen-bond donors (Lipinski definition) is 0. The van der Waals surface area contributed by atoms with E-state index in [4.69, 9.17) is 0 Å². The standard InChI is InChI=1S/P2S3/c3-1-2-5-4. The van der Waals surface area contributed by atoms with Crippen LogP contribution >= 0.6 is 14.1 Å². The van der Waals surface area contributed by atoms with Crippen molar-refractivity contribution in [3.8, 4) is 0 Å². The molecule has 28 valence electrons. The third kappa shape index (κ3) is 5.26. The Hall–Kier alpha value is 1.26. The number of hydrogen-bond acceptors (Lipinski definition) is 2. The molecule has 0 spiro atoms. The molecule has 0 radical (unpaired) electrons. The zero-order valence-corrected chi connectivity index (χ0v) is 6.36. The Morgan fingerprint density at radius 1 is 1.60 bits per heavy atom. The van der Waals surface area contributed by atoms with Crippen molar-refractivity contribution in [2.75, 3.05) is 0 Å². The zero-order valence-electron chi connectivity index (χ0n) is 2.12. The van der Waals surface area contributed by atoms with E-state index >= 15 is 0 Å². The second-order valence-corrected chi connectivity index (χ2v) is 6.42. The summed E-state index contributed by atoms with van der Waals surface area (Å²) in [5, 5.41) is 0. The smallest absolute Gasteiger partial charge is 0.0464 e. The quantitative estimate of drug-likeness (QED) is 0.533. The zero-order chi connectivity index (χ0) is 4.12. The largest absolute Gasteiger partial charge is 0.0470 e. The normalized spacial score (nSPS) is 8.80. The molecule has 0 nitrogen and oxygen atoms in total. The molecule has 0 heterocycles. The van der Waals surface area contributed by atoms with Gasteiger partial charge in [0.15, 0.2) is 0 Å². The Bertz CT molecular complexity index is 69.0. The lowest BCUT2D eigenvalue weighted by Gasteiger charge is -1.39. The van der Waals surface area contributed by atoms with E-state index in [1.807, 2.05) is 0 Å². The molecule has 0 atom stereocenters. The second kappa shape index (κ2) is 5.26. The lowest BCUT2D eigenvalue weighted by atomic mass is 29.7. The van der Waals surface area contributed by atoms with Crippen LogP contribution in [0, 0.1) is 0 Å². The molecule has 0 unspecified atom stereocenters. The first kappa shape index (κ1) is 6.26. The molecule has 0 saturated heterocycles. The highest BCUT2D eigenvalue weighted by atomic mass is 33.0. The van der Waals surface area contributed by atoms with Crippen molar-refractivity contribution >= 4 is 46.6 Å². The molecule has 0 bridgehead atoms. The fourth-order valence-corrected chi connectivity index (χ4v) is 3.31. The van der Waals surface area contributed by atoms with Gasteiger partial charge < -0.3 is 0 Å². The van der Waals surface area contributed by atoms with Crippen LogP contribution in [0.15, 0.2) is 0 Å². The summed E-state index contributed by atoms with van der Waals surface area (Å²) >= 11 is 9.01. The lowest BCUT2D eigenvalue weighted by Crippen LogP contribution is -0.976. The maximum absolute atomic E-state index is 4.52. The molecule has 0 fully saturated rings. The van der Waals surface area contributed by atoms with E-state index in [-0.39, 0.29) is 0 Å². The topological polar surface area (TPSA) is 0 Å². The van der Waals surface area contributed by atoms with Gasteiger partial charge in [0.25, 0.3) is 0 Å². The highest BCUT2D eigenvalue weighted by Gasteiger charge is 1.44. The summed E-state index contributed by atoms with van der Waals surface area (Å²) in [6, 6.07) is 0. The third-order valence-corrected chi connectivity index (χ3v) is 5.40. The fourth-order valence-electron chi connectivity index (χ4n) is 0.0136. The van der Waals surface area contributed by atoms with Gasteiger partial charge in [0.1, 0.15) is 0 Å². The Balaban J connectivity index is 3.31. The predicted octanol–water partition coefficient (Wildman–Crippen LogP) is 1.72. The van der Waals surface area contributed by atoms with E-state index in [0.29, 0.717) is 0 Å². The SMILES string of the molecule is S=PP=S=S. The van der Waals surface area contributed by atoms with Gasteiger partial charge in [-0.3, -0.25) is 0 Å². The summed E-state index contributed by atoms with van der Waals surface area (Å²) in [6.45, 7) is 0. The van der Waals surface area contributed by atoms with Gasteiger partial charge in [0.05, 0.1) is 0 Å². The molecule has 0 aliphatic rings. The van der Waals surface area contributed by atoms with E-state index in [1.54, 1.807) is 0 Å². The summed E-state index contributed by atoms with van der Waals surface area (Å²) in [5.74, 6) is 0. The van der Waals surface area contributed by atoms with Crippen LogP contribution < -0.4 is 0 Å². The van der Waals surface area contributed by atoms with Gasteiger partial charge in [-0.05, 0) is 32.5 Å². The van der Waals surface area contributed by atoms with E-state index < -0.39 is 0 Å². The van der Waals surface area contributed by atoms with Gasteiger partial charge in [-0.15, -0.1) is 0 Å². The molecule has 0 aliphatic carbocycles. The molecule has 5 heavy (non-hydrogen) atoms. The van der Waals surface area contributed by atoms with Crippen LogP contribution in [0.5, 0.6) is 0 Å². The molecule has 0 aromatic carbocycles. The molecule has 0 aliphatic heterocycles. The van der Waals surface area contributed by atoms with Crippen molar-refractivity contribution in [3.05, 3.63) is 0 Å². The molecular weight excluding hydrogens is 158 g/mol. The van der Waals surface area contributed by atoms with Gasteiger partial charge in [-0.25, -0.2) is 0 Å². The average Bonchev–Trinajstić information content (AvgIpc) is 1.41. The molecule has 0 amide bonds. The average molecular weight is 158 g/mol. The maximum Gasteiger partial charge on any atom is 0.0470 e. The Kier molecular flexibility index (Phi) is 6.59. The van der Waals surface area contributed by atoms with Gasteiger partial charge in [-0.1, -0.05) is 0 Å². The molecule has 5 heteroatoms. The monoisotopic (exact) mass is 158 g/mol. The lowest BCUT2D eigenvalue weighted by molar-refractivity contribution is 5.61. The van der Waals surface area contributed by atoms with Crippen molar-refractivity contribution < 1.29 is 0 Å². The Labute approximate surface area is 46.7 Å². The summed E-state index contributed by atoms with van der Waals surface area (Å²) in [6.07, 6.45) is 0. The minimum Gasteiger partial charge on any atom is -0.0464 e. The molecule has 0 aromatic heterocycles. The Morgan fingerprint density at radius 2 is 2.20 bits per heavy atom. The predicted molar refractivity (Wildman–Crippen MR) is 35.9 cm³/mol. The summed E-state index contributed by atoms with van der Waals surface area (Å²) in [7, 11) is 3.38. The van der Waals surface area contributed by atoms with Crippen LogP contribution in [0.4, 0.5) is 0 Å². The van der Waals surface area contributed by atoms with E-state index in [1.165, 1.54) is 9.50 Å².